The van der Waals surface area contributed by atoms with Crippen molar-refractivity contribution in [2.45, 2.75) is 44.8 Å². The van der Waals surface area contributed by atoms with Crippen molar-refractivity contribution in [2.24, 2.45) is 5.92 Å². The first-order valence-electron chi connectivity index (χ1n) is 9.66. The Labute approximate surface area is 192 Å². The van der Waals surface area contributed by atoms with Crippen molar-refractivity contribution < 1.29 is 4.79 Å². The van der Waals surface area contributed by atoms with Crippen molar-refractivity contribution in [3.8, 4) is 0 Å². The highest BCUT2D eigenvalue weighted by Gasteiger charge is 2.24. The number of carbonyl (C=O) groups excluding carboxylic acids is 1. The fourth-order valence-electron chi connectivity index (χ4n) is 3.60. The molecule has 30 heavy (non-hydrogen) atoms. The lowest BCUT2D eigenvalue weighted by Crippen LogP contribution is -2.24. The van der Waals surface area contributed by atoms with Gasteiger partial charge in [-0.2, -0.15) is 0 Å². The lowest BCUT2D eigenvalue weighted by Gasteiger charge is -2.17. The number of amides is 1. The zero-order valence-corrected chi connectivity index (χ0v) is 19.6. The molecular weight excluding hydrogens is 463 g/mol. The van der Waals surface area contributed by atoms with Gasteiger partial charge in [-0.15, -0.1) is 11.3 Å². The van der Waals surface area contributed by atoms with Crippen molar-refractivity contribution >= 4 is 68.2 Å². The van der Waals surface area contributed by atoms with E-state index in [4.69, 9.17) is 28.2 Å². The summed E-state index contributed by atoms with van der Waals surface area (Å²) in [6, 6.07) is 1.52. The standard InChI is InChI=1S/C20H20Cl2N4O2S2/c1-3-26-19(28)16-12-5-4-10(2)6-14(12)30-18(16)25-20(26)29-9-15(27)24-17-13(22)7-11(21)8-23-17/h7-8,10H,3-6,9H2,1-2H3,(H,23,24,27). The highest BCUT2D eigenvalue weighted by atomic mass is 35.5. The van der Waals surface area contributed by atoms with Crippen molar-refractivity contribution in [2.75, 3.05) is 11.1 Å². The summed E-state index contributed by atoms with van der Waals surface area (Å²) in [6.07, 6.45) is 4.45. The average Bonchev–Trinajstić information content (AvgIpc) is 3.06. The number of halogens is 2. The Hall–Kier alpha value is -1.61. The molecule has 3 aromatic heterocycles. The number of nitrogens with zero attached hydrogens (tertiary/aromatic N) is 3. The van der Waals surface area contributed by atoms with E-state index in [1.54, 1.807) is 15.9 Å². The third-order valence-corrected chi connectivity index (χ3v) is 7.71. The van der Waals surface area contributed by atoms with Crippen LogP contribution in [0.25, 0.3) is 10.2 Å². The number of aryl methyl sites for hydroxylation is 1. The minimum absolute atomic E-state index is 0.0140. The fraction of sp³-hybridized carbons (Fsp3) is 0.400. The maximum atomic E-state index is 13.2. The van der Waals surface area contributed by atoms with Gasteiger partial charge in [0.15, 0.2) is 11.0 Å². The van der Waals surface area contributed by atoms with E-state index in [0.29, 0.717) is 22.6 Å². The zero-order valence-electron chi connectivity index (χ0n) is 16.5. The van der Waals surface area contributed by atoms with Crippen LogP contribution in [-0.2, 0) is 24.2 Å². The summed E-state index contributed by atoms with van der Waals surface area (Å²) in [5.41, 5.74) is 1.16. The van der Waals surface area contributed by atoms with Crippen LogP contribution in [-0.4, -0.2) is 26.2 Å². The SMILES string of the molecule is CCn1c(SCC(=O)Nc2ncc(Cl)cc2Cl)nc2sc3c(c2c1=O)CCC(C)C3. The maximum absolute atomic E-state index is 13.2. The second-order valence-electron chi connectivity index (χ2n) is 7.30. The van der Waals surface area contributed by atoms with Crippen LogP contribution in [0.3, 0.4) is 0 Å². The first-order chi connectivity index (χ1) is 14.4. The average molecular weight is 483 g/mol. The molecule has 158 valence electrons. The van der Waals surface area contributed by atoms with Crippen LogP contribution in [0.4, 0.5) is 5.82 Å². The quantitative estimate of drug-likeness (QED) is 0.407. The molecule has 1 amide bonds. The number of thiophene rings is 1. The highest BCUT2D eigenvalue weighted by Crippen LogP contribution is 2.36. The number of hydrogen-bond acceptors (Lipinski definition) is 6. The topological polar surface area (TPSA) is 76.9 Å². The number of pyridine rings is 1. The Balaban J connectivity index is 1.58. The van der Waals surface area contributed by atoms with Crippen molar-refractivity contribution in [3.63, 3.8) is 0 Å². The van der Waals surface area contributed by atoms with Gasteiger partial charge in [-0.1, -0.05) is 41.9 Å². The molecule has 0 aliphatic heterocycles. The molecule has 0 saturated heterocycles. The second-order valence-corrected chi connectivity index (χ2v) is 10.2. The van der Waals surface area contributed by atoms with E-state index >= 15 is 0 Å². The predicted molar refractivity (Wildman–Crippen MR) is 124 cm³/mol. The smallest absolute Gasteiger partial charge is 0.263 e. The van der Waals surface area contributed by atoms with Crippen LogP contribution in [0.1, 0.15) is 30.7 Å². The van der Waals surface area contributed by atoms with Crippen LogP contribution in [0.15, 0.2) is 22.2 Å². The molecule has 0 fully saturated rings. The van der Waals surface area contributed by atoms with E-state index in [-0.39, 0.29) is 28.1 Å². The molecular formula is C20H20Cl2N4O2S2. The molecule has 1 N–H and O–H groups in total. The van der Waals surface area contributed by atoms with E-state index in [1.165, 1.54) is 34.5 Å². The number of hydrogen-bond donors (Lipinski definition) is 1. The normalized spacial score (nSPS) is 15.9. The maximum Gasteiger partial charge on any atom is 0.263 e. The highest BCUT2D eigenvalue weighted by molar-refractivity contribution is 7.99. The fourth-order valence-corrected chi connectivity index (χ4v) is 6.31. The third kappa shape index (κ3) is 4.23. The van der Waals surface area contributed by atoms with Gasteiger partial charge in [-0.3, -0.25) is 14.2 Å². The number of thioether (sulfide) groups is 1. The first-order valence-corrected chi connectivity index (χ1v) is 12.2. The molecule has 6 nitrogen and oxygen atoms in total. The van der Waals surface area contributed by atoms with Crippen LogP contribution < -0.4 is 10.9 Å². The van der Waals surface area contributed by atoms with Crippen LogP contribution in [0, 0.1) is 5.92 Å². The molecule has 1 unspecified atom stereocenters. The summed E-state index contributed by atoms with van der Waals surface area (Å²) in [4.78, 5) is 36.4. The molecule has 0 radical (unpaired) electrons. The molecule has 0 saturated carbocycles. The number of carbonyl (C=O) groups is 1. The van der Waals surface area contributed by atoms with E-state index < -0.39 is 0 Å². The molecule has 0 aromatic carbocycles. The Bertz CT molecular complexity index is 1190. The lowest BCUT2D eigenvalue weighted by atomic mass is 9.89. The van der Waals surface area contributed by atoms with Gasteiger partial charge < -0.3 is 5.32 Å². The van der Waals surface area contributed by atoms with E-state index in [1.807, 2.05) is 6.92 Å². The molecule has 0 spiro atoms. The van der Waals surface area contributed by atoms with Gasteiger partial charge in [0.25, 0.3) is 5.56 Å². The number of nitrogens with one attached hydrogen (secondary N) is 1. The first kappa shape index (κ1) is 21.6. The summed E-state index contributed by atoms with van der Waals surface area (Å²) in [7, 11) is 0. The van der Waals surface area contributed by atoms with Crippen LogP contribution in [0.5, 0.6) is 0 Å². The number of fused-ring (bicyclic) bond motifs is 3. The predicted octanol–water partition coefficient (Wildman–Crippen LogP) is 5.04. The minimum Gasteiger partial charge on any atom is -0.309 e. The molecule has 0 bridgehead atoms. The van der Waals surface area contributed by atoms with E-state index in [2.05, 4.69) is 17.2 Å². The molecule has 3 heterocycles. The summed E-state index contributed by atoms with van der Waals surface area (Å²) in [6.45, 7) is 4.65. The molecule has 3 aromatic rings. The second kappa shape index (κ2) is 8.86. The summed E-state index contributed by atoms with van der Waals surface area (Å²) in [5, 5.41) is 4.64. The number of rotatable bonds is 5. The molecule has 10 heteroatoms. The molecule has 4 rings (SSSR count). The summed E-state index contributed by atoms with van der Waals surface area (Å²) >= 11 is 14.7. The summed E-state index contributed by atoms with van der Waals surface area (Å²) in [5.74, 6) is 0.682. The van der Waals surface area contributed by atoms with Crippen molar-refractivity contribution in [1.82, 2.24) is 14.5 Å². The molecule has 1 atom stereocenters. The van der Waals surface area contributed by atoms with Gasteiger partial charge >= 0.3 is 0 Å². The monoisotopic (exact) mass is 482 g/mol. The van der Waals surface area contributed by atoms with Crippen LogP contribution in [0.2, 0.25) is 10.0 Å². The van der Waals surface area contributed by atoms with Gasteiger partial charge in [-0.05, 0) is 43.7 Å². The van der Waals surface area contributed by atoms with Gasteiger partial charge in [-0.25, -0.2) is 9.97 Å². The van der Waals surface area contributed by atoms with Gasteiger partial charge in [0, 0.05) is 17.6 Å². The Morgan fingerprint density at radius 2 is 2.23 bits per heavy atom. The largest absolute Gasteiger partial charge is 0.309 e. The van der Waals surface area contributed by atoms with Crippen molar-refractivity contribution in [1.29, 1.82) is 0 Å². The molecule has 1 aliphatic rings. The third-order valence-electron chi connectivity index (χ3n) is 5.09. The zero-order chi connectivity index (χ0) is 21.4. The van der Waals surface area contributed by atoms with Crippen LogP contribution >= 0.6 is 46.3 Å². The number of anilines is 1. The molecule has 1 aliphatic carbocycles. The Morgan fingerprint density at radius 3 is 2.97 bits per heavy atom. The van der Waals surface area contributed by atoms with Gasteiger partial charge in [0.2, 0.25) is 5.91 Å². The minimum atomic E-state index is -0.284. The van der Waals surface area contributed by atoms with Gasteiger partial charge in [0.05, 0.1) is 21.2 Å². The van der Waals surface area contributed by atoms with Gasteiger partial charge in [0.1, 0.15) is 4.83 Å². The van der Waals surface area contributed by atoms with E-state index in [9.17, 15) is 9.59 Å². The van der Waals surface area contributed by atoms with Crippen molar-refractivity contribution in [3.05, 3.63) is 43.1 Å². The Morgan fingerprint density at radius 1 is 1.43 bits per heavy atom. The van der Waals surface area contributed by atoms with E-state index in [0.717, 1.165) is 29.5 Å². The number of aromatic nitrogens is 3. The lowest BCUT2D eigenvalue weighted by molar-refractivity contribution is -0.113. The Kier molecular flexibility index (Phi) is 6.39. The summed E-state index contributed by atoms with van der Waals surface area (Å²) < 4.78 is 1.65.